The zero-order valence-corrected chi connectivity index (χ0v) is 11.6. The molecule has 1 aliphatic heterocycles. The van der Waals surface area contributed by atoms with Crippen LogP contribution in [-0.2, 0) is 0 Å². The predicted octanol–water partition coefficient (Wildman–Crippen LogP) is 1.93. The summed E-state index contributed by atoms with van der Waals surface area (Å²) in [4.78, 5) is 2.48. The lowest BCUT2D eigenvalue weighted by atomic mass is 9.93. The Hall–Kier alpha value is -1.06. The standard InChI is InChI=1S/C15H24N2O/c1-12-6-4-5-7-14(12)17-13(8-9-18)10-16-11-15(17,2)3/h4-7,13,16,18H,8-11H2,1-3H3. The van der Waals surface area contributed by atoms with Gasteiger partial charge in [-0.1, -0.05) is 18.2 Å². The normalized spacial score (nSPS) is 23.1. The Kier molecular flexibility index (Phi) is 3.93. The molecule has 0 bridgehead atoms. The summed E-state index contributed by atoms with van der Waals surface area (Å²) in [5, 5.41) is 12.7. The van der Waals surface area contributed by atoms with Gasteiger partial charge in [-0.15, -0.1) is 0 Å². The van der Waals surface area contributed by atoms with E-state index in [1.54, 1.807) is 0 Å². The van der Waals surface area contributed by atoms with E-state index in [9.17, 15) is 5.11 Å². The van der Waals surface area contributed by atoms with E-state index < -0.39 is 0 Å². The van der Waals surface area contributed by atoms with Crippen LogP contribution in [0.3, 0.4) is 0 Å². The molecule has 0 aliphatic carbocycles. The number of benzene rings is 1. The average molecular weight is 248 g/mol. The largest absolute Gasteiger partial charge is 0.396 e. The molecule has 18 heavy (non-hydrogen) atoms. The van der Waals surface area contributed by atoms with Gasteiger partial charge in [0.2, 0.25) is 0 Å². The number of nitrogens with zero attached hydrogens (tertiary/aromatic N) is 1. The zero-order chi connectivity index (χ0) is 13.2. The van der Waals surface area contributed by atoms with Crippen LogP contribution < -0.4 is 10.2 Å². The maximum Gasteiger partial charge on any atom is 0.0474 e. The van der Waals surface area contributed by atoms with E-state index in [4.69, 9.17) is 0 Å². The summed E-state index contributed by atoms with van der Waals surface area (Å²) < 4.78 is 0. The van der Waals surface area contributed by atoms with Crippen molar-refractivity contribution in [3.8, 4) is 0 Å². The molecule has 3 heteroatoms. The molecule has 1 saturated heterocycles. The molecule has 1 unspecified atom stereocenters. The van der Waals surface area contributed by atoms with Crippen molar-refractivity contribution in [3.63, 3.8) is 0 Å². The second-order valence-electron chi connectivity index (χ2n) is 5.77. The van der Waals surface area contributed by atoms with Gasteiger partial charge in [0, 0.05) is 37.0 Å². The third-order valence-electron chi connectivity index (χ3n) is 3.79. The topological polar surface area (TPSA) is 35.5 Å². The Bertz CT molecular complexity index is 401. The molecule has 1 aliphatic rings. The number of nitrogens with one attached hydrogen (secondary N) is 1. The third-order valence-corrected chi connectivity index (χ3v) is 3.79. The van der Waals surface area contributed by atoms with Crippen LogP contribution >= 0.6 is 0 Å². The number of para-hydroxylation sites is 1. The highest BCUT2D eigenvalue weighted by atomic mass is 16.3. The van der Waals surface area contributed by atoms with Gasteiger partial charge in [0.05, 0.1) is 0 Å². The fraction of sp³-hybridized carbons (Fsp3) is 0.600. The fourth-order valence-electron chi connectivity index (χ4n) is 2.95. The highest BCUT2D eigenvalue weighted by Crippen LogP contribution is 2.32. The smallest absolute Gasteiger partial charge is 0.0474 e. The lowest BCUT2D eigenvalue weighted by molar-refractivity contribution is 0.241. The predicted molar refractivity (Wildman–Crippen MR) is 76.1 cm³/mol. The number of anilines is 1. The van der Waals surface area contributed by atoms with Gasteiger partial charge < -0.3 is 15.3 Å². The Morgan fingerprint density at radius 1 is 1.39 bits per heavy atom. The van der Waals surface area contributed by atoms with E-state index in [1.807, 2.05) is 0 Å². The number of rotatable bonds is 3. The number of aryl methyl sites for hydroxylation is 1. The molecule has 0 radical (unpaired) electrons. The van der Waals surface area contributed by atoms with Gasteiger partial charge in [0.25, 0.3) is 0 Å². The van der Waals surface area contributed by atoms with E-state index >= 15 is 0 Å². The van der Waals surface area contributed by atoms with Crippen LogP contribution in [0.15, 0.2) is 24.3 Å². The molecule has 2 rings (SSSR count). The van der Waals surface area contributed by atoms with Gasteiger partial charge in [-0.05, 0) is 38.8 Å². The molecule has 1 heterocycles. The Morgan fingerprint density at radius 2 is 2.11 bits per heavy atom. The molecular formula is C15H24N2O. The van der Waals surface area contributed by atoms with E-state index in [1.165, 1.54) is 11.3 Å². The maximum absolute atomic E-state index is 9.27. The number of hydrogen-bond acceptors (Lipinski definition) is 3. The van der Waals surface area contributed by atoms with Gasteiger partial charge in [-0.2, -0.15) is 0 Å². The third kappa shape index (κ3) is 2.52. The lowest BCUT2D eigenvalue weighted by Crippen LogP contribution is -2.63. The molecule has 3 nitrogen and oxygen atoms in total. The van der Waals surface area contributed by atoms with Crippen molar-refractivity contribution in [2.45, 2.75) is 38.8 Å². The molecule has 1 aromatic rings. The summed E-state index contributed by atoms with van der Waals surface area (Å²) >= 11 is 0. The van der Waals surface area contributed by atoms with Crippen molar-refractivity contribution in [1.29, 1.82) is 0 Å². The molecule has 0 aromatic heterocycles. The first kappa shape index (κ1) is 13.4. The number of aliphatic hydroxyl groups excluding tert-OH is 1. The highest BCUT2D eigenvalue weighted by molar-refractivity contribution is 5.56. The SMILES string of the molecule is Cc1ccccc1N1C(CCO)CNCC1(C)C. The molecule has 0 amide bonds. The molecular weight excluding hydrogens is 224 g/mol. The van der Waals surface area contributed by atoms with Crippen molar-refractivity contribution in [3.05, 3.63) is 29.8 Å². The summed E-state index contributed by atoms with van der Waals surface area (Å²) in [6.45, 7) is 8.84. The second kappa shape index (κ2) is 5.29. The molecule has 0 saturated carbocycles. The number of piperazine rings is 1. The minimum atomic E-state index is 0.0736. The first-order valence-electron chi connectivity index (χ1n) is 6.73. The van der Waals surface area contributed by atoms with Crippen molar-refractivity contribution in [1.82, 2.24) is 5.32 Å². The van der Waals surface area contributed by atoms with E-state index in [0.29, 0.717) is 6.04 Å². The van der Waals surface area contributed by atoms with Crippen molar-refractivity contribution in [2.75, 3.05) is 24.6 Å². The van der Waals surface area contributed by atoms with Crippen molar-refractivity contribution >= 4 is 5.69 Å². The van der Waals surface area contributed by atoms with Crippen LogP contribution in [0.5, 0.6) is 0 Å². The van der Waals surface area contributed by atoms with Gasteiger partial charge >= 0.3 is 0 Å². The van der Waals surface area contributed by atoms with Gasteiger partial charge in [0.1, 0.15) is 0 Å². The molecule has 2 N–H and O–H groups in total. The lowest BCUT2D eigenvalue weighted by Gasteiger charge is -2.50. The van der Waals surface area contributed by atoms with Crippen LogP contribution in [0.25, 0.3) is 0 Å². The van der Waals surface area contributed by atoms with Gasteiger partial charge in [-0.25, -0.2) is 0 Å². The fourth-order valence-corrected chi connectivity index (χ4v) is 2.95. The Balaban J connectivity index is 2.37. The minimum absolute atomic E-state index is 0.0736. The minimum Gasteiger partial charge on any atom is -0.396 e. The first-order valence-corrected chi connectivity index (χ1v) is 6.73. The quantitative estimate of drug-likeness (QED) is 0.858. The molecule has 1 atom stereocenters. The Labute approximate surface area is 110 Å². The summed E-state index contributed by atoms with van der Waals surface area (Å²) in [6, 6.07) is 8.88. The summed E-state index contributed by atoms with van der Waals surface area (Å²) in [5.41, 5.74) is 2.67. The van der Waals surface area contributed by atoms with Crippen LogP contribution in [0.2, 0.25) is 0 Å². The van der Waals surface area contributed by atoms with Crippen molar-refractivity contribution in [2.24, 2.45) is 0 Å². The number of aliphatic hydroxyl groups is 1. The highest BCUT2D eigenvalue weighted by Gasteiger charge is 2.36. The maximum atomic E-state index is 9.27. The van der Waals surface area contributed by atoms with Gasteiger partial charge in [-0.3, -0.25) is 0 Å². The summed E-state index contributed by atoms with van der Waals surface area (Å²) in [5.74, 6) is 0. The summed E-state index contributed by atoms with van der Waals surface area (Å²) in [7, 11) is 0. The Morgan fingerprint density at radius 3 is 2.78 bits per heavy atom. The molecule has 1 fully saturated rings. The van der Waals surface area contributed by atoms with E-state index in [2.05, 4.69) is 55.3 Å². The monoisotopic (exact) mass is 248 g/mol. The van der Waals surface area contributed by atoms with Crippen LogP contribution in [0.4, 0.5) is 5.69 Å². The first-order chi connectivity index (χ1) is 8.56. The second-order valence-corrected chi connectivity index (χ2v) is 5.77. The van der Waals surface area contributed by atoms with Gasteiger partial charge in [0.15, 0.2) is 0 Å². The molecule has 0 spiro atoms. The molecule has 1 aromatic carbocycles. The van der Waals surface area contributed by atoms with Crippen LogP contribution in [0.1, 0.15) is 25.8 Å². The van der Waals surface area contributed by atoms with E-state index in [-0.39, 0.29) is 12.1 Å². The summed E-state index contributed by atoms with van der Waals surface area (Å²) in [6.07, 6.45) is 0.810. The van der Waals surface area contributed by atoms with Crippen molar-refractivity contribution < 1.29 is 5.11 Å². The zero-order valence-electron chi connectivity index (χ0n) is 11.6. The van der Waals surface area contributed by atoms with Crippen LogP contribution in [0, 0.1) is 6.92 Å². The number of hydrogen-bond donors (Lipinski definition) is 2. The van der Waals surface area contributed by atoms with Crippen LogP contribution in [-0.4, -0.2) is 36.4 Å². The average Bonchev–Trinajstić information content (AvgIpc) is 2.30. The van der Waals surface area contributed by atoms with E-state index in [0.717, 1.165) is 19.5 Å². The molecule has 100 valence electrons.